The van der Waals surface area contributed by atoms with Crippen LogP contribution < -0.4 is 4.90 Å². The molecule has 3 nitrogen and oxygen atoms in total. The normalized spacial score (nSPS) is 12.7. The molecule has 0 radical (unpaired) electrons. The van der Waals surface area contributed by atoms with Gasteiger partial charge in [0.2, 0.25) is 9.84 Å². The van der Waals surface area contributed by atoms with E-state index in [4.69, 9.17) is 11.6 Å². The Hall–Kier alpha value is -1.09. The van der Waals surface area contributed by atoms with E-state index in [0.717, 1.165) is 29.2 Å². The molecule has 0 bridgehead atoms. The monoisotopic (exact) mass is 351 g/mol. The third kappa shape index (κ3) is 4.99. The van der Waals surface area contributed by atoms with Crippen molar-refractivity contribution in [2.45, 2.75) is 16.8 Å². The van der Waals surface area contributed by atoms with Gasteiger partial charge in [0.1, 0.15) is 6.54 Å². The van der Waals surface area contributed by atoms with Crippen LogP contribution in [0.1, 0.15) is 0 Å². The summed E-state index contributed by atoms with van der Waals surface area (Å²) in [5, 5.41) is 0. The Morgan fingerprint density at radius 1 is 1.14 bits per heavy atom. The fourth-order valence-corrected chi connectivity index (χ4v) is 2.49. The Balaban J connectivity index is 3.03. The average Bonchev–Trinajstić information content (AvgIpc) is 2.36. The van der Waals surface area contributed by atoms with Crippen LogP contribution in [0.15, 0.2) is 29.2 Å². The molecule has 21 heavy (non-hydrogen) atoms. The topological polar surface area (TPSA) is 37.4 Å². The predicted octanol–water partition coefficient (Wildman–Crippen LogP) is 3.29. The molecule has 0 heterocycles. The van der Waals surface area contributed by atoms with E-state index in [0.29, 0.717) is 0 Å². The molecule has 0 unspecified atom stereocenters. The van der Waals surface area contributed by atoms with Crippen LogP contribution in [-0.4, -0.2) is 39.3 Å². The fraction of sp³-hybridized carbons (Fsp3) is 0.455. The Bertz CT molecular complexity index is 559. The van der Waals surface area contributed by atoms with Crippen LogP contribution in [0.4, 0.5) is 27.6 Å². The smallest absolute Gasteiger partial charge is 0.361 e. The molecular weight excluding hydrogens is 341 g/mol. The summed E-state index contributed by atoms with van der Waals surface area (Å²) >= 11 is 5.42. The van der Waals surface area contributed by atoms with Crippen LogP contribution in [0.25, 0.3) is 0 Å². The highest BCUT2D eigenvalue weighted by molar-refractivity contribution is 7.91. The molecule has 0 atom stereocenters. The average molecular weight is 352 g/mol. The van der Waals surface area contributed by atoms with Crippen LogP contribution in [-0.2, 0) is 9.84 Å². The zero-order valence-electron chi connectivity index (χ0n) is 10.4. The zero-order valence-corrected chi connectivity index (χ0v) is 12.0. The Morgan fingerprint density at radius 2 is 1.67 bits per heavy atom. The molecule has 0 aromatic heterocycles. The molecule has 0 fully saturated rings. The first-order valence-electron chi connectivity index (χ1n) is 5.57. The molecule has 1 aromatic carbocycles. The standard InChI is InChI=1S/C11H11ClF5NO2S/c12-5-6-18(7-11(15,16)17)8-1-3-9(4-2-8)21(19,20)10(13)14/h1-4,10H,5-7H2. The van der Waals surface area contributed by atoms with E-state index >= 15 is 0 Å². The molecule has 1 rings (SSSR count). The maximum atomic E-state index is 12.4. The molecule has 0 aliphatic carbocycles. The van der Waals surface area contributed by atoms with Gasteiger partial charge in [0.25, 0.3) is 0 Å². The second-order valence-electron chi connectivity index (χ2n) is 4.03. The lowest BCUT2D eigenvalue weighted by atomic mass is 10.3. The van der Waals surface area contributed by atoms with Crippen molar-refractivity contribution in [2.24, 2.45) is 0 Å². The van der Waals surface area contributed by atoms with Crippen LogP contribution >= 0.6 is 11.6 Å². The second-order valence-corrected chi connectivity index (χ2v) is 6.32. The van der Waals surface area contributed by atoms with Gasteiger partial charge in [-0.25, -0.2) is 8.42 Å². The highest BCUT2D eigenvalue weighted by Gasteiger charge is 2.31. The van der Waals surface area contributed by atoms with E-state index in [9.17, 15) is 30.4 Å². The van der Waals surface area contributed by atoms with Gasteiger partial charge in [-0.05, 0) is 24.3 Å². The molecule has 120 valence electrons. The third-order valence-electron chi connectivity index (χ3n) is 2.49. The van der Waals surface area contributed by atoms with Gasteiger partial charge in [-0.3, -0.25) is 0 Å². The van der Waals surface area contributed by atoms with Crippen LogP contribution in [0.3, 0.4) is 0 Å². The molecule has 0 aliphatic heterocycles. The van der Waals surface area contributed by atoms with Gasteiger partial charge in [0.15, 0.2) is 0 Å². The van der Waals surface area contributed by atoms with Gasteiger partial charge in [-0.1, -0.05) is 0 Å². The molecule has 0 N–H and O–H groups in total. The first-order valence-corrected chi connectivity index (χ1v) is 7.66. The van der Waals surface area contributed by atoms with E-state index in [1.165, 1.54) is 0 Å². The molecule has 1 aromatic rings. The lowest BCUT2D eigenvalue weighted by Gasteiger charge is -2.25. The summed E-state index contributed by atoms with van der Waals surface area (Å²) in [4.78, 5) is 0.227. The van der Waals surface area contributed by atoms with Crippen LogP contribution in [0.5, 0.6) is 0 Å². The van der Waals surface area contributed by atoms with E-state index < -0.39 is 33.2 Å². The summed E-state index contributed by atoms with van der Waals surface area (Å²) in [6.07, 6.45) is -4.47. The summed E-state index contributed by atoms with van der Waals surface area (Å²) < 4.78 is 84.3. The van der Waals surface area contributed by atoms with Gasteiger partial charge in [0, 0.05) is 18.1 Å². The van der Waals surface area contributed by atoms with E-state index in [1.807, 2.05) is 0 Å². The van der Waals surface area contributed by atoms with Crippen molar-refractivity contribution < 1.29 is 30.4 Å². The van der Waals surface area contributed by atoms with Gasteiger partial charge in [-0.15, -0.1) is 11.6 Å². The molecule has 0 spiro atoms. The number of rotatable bonds is 6. The summed E-state index contributed by atoms with van der Waals surface area (Å²) in [5.41, 5.74) is 0.0428. The number of alkyl halides is 6. The Morgan fingerprint density at radius 3 is 2.05 bits per heavy atom. The highest BCUT2D eigenvalue weighted by Crippen LogP contribution is 2.25. The van der Waals surface area contributed by atoms with Crippen molar-refractivity contribution in [3.8, 4) is 0 Å². The van der Waals surface area contributed by atoms with Crippen LogP contribution in [0, 0.1) is 0 Å². The highest BCUT2D eigenvalue weighted by atomic mass is 35.5. The van der Waals surface area contributed by atoms with Crippen molar-refractivity contribution >= 4 is 27.1 Å². The van der Waals surface area contributed by atoms with E-state index in [-0.39, 0.29) is 18.1 Å². The molecule has 0 aliphatic rings. The quantitative estimate of drug-likeness (QED) is 0.583. The lowest BCUT2D eigenvalue weighted by Crippen LogP contribution is -2.35. The van der Waals surface area contributed by atoms with Gasteiger partial charge in [-0.2, -0.15) is 22.0 Å². The first-order chi connectivity index (χ1) is 9.58. The number of halogens is 6. The summed E-state index contributed by atoms with van der Waals surface area (Å²) in [6.45, 7) is -1.40. The second kappa shape index (κ2) is 6.78. The van der Waals surface area contributed by atoms with Gasteiger partial charge >= 0.3 is 11.9 Å². The maximum absolute atomic E-state index is 12.4. The van der Waals surface area contributed by atoms with Crippen molar-refractivity contribution in [3.05, 3.63) is 24.3 Å². The van der Waals surface area contributed by atoms with Crippen LogP contribution in [0.2, 0.25) is 0 Å². The number of hydrogen-bond donors (Lipinski definition) is 0. The summed E-state index contributed by atoms with van der Waals surface area (Å²) in [6, 6.07) is 3.75. The van der Waals surface area contributed by atoms with Crippen molar-refractivity contribution in [1.82, 2.24) is 0 Å². The molecule has 0 saturated carbocycles. The third-order valence-corrected chi connectivity index (χ3v) is 4.06. The minimum atomic E-state index is -4.77. The number of benzene rings is 1. The van der Waals surface area contributed by atoms with Crippen molar-refractivity contribution in [3.63, 3.8) is 0 Å². The number of hydrogen-bond acceptors (Lipinski definition) is 3. The fourth-order valence-electron chi connectivity index (χ4n) is 1.57. The van der Waals surface area contributed by atoms with E-state index in [1.54, 1.807) is 0 Å². The van der Waals surface area contributed by atoms with Crippen molar-refractivity contribution in [1.29, 1.82) is 0 Å². The molecular formula is C11H11ClF5NO2S. The lowest BCUT2D eigenvalue weighted by molar-refractivity contribution is -0.119. The molecule has 10 heteroatoms. The largest absolute Gasteiger partial charge is 0.405 e. The Kier molecular flexibility index (Phi) is 5.80. The minimum absolute atomic E-state index is 0.0428. The Labute approximate surface area is 123 Å². The molecule has 0 saturated heterocycles. The van der Waals surface area contributed by atoms with Gasteiger partial charge in [0.05, 0.1) is 4.90 Å². The minimum Gasteiger partial charge on any atom is -0.361 e. The number of anilines is 1. The summed E-state index contributed by atoms with van der Waals surface area (Å²) in [5.74, 6) is -3.66. The van der Waals surface area contributed by atoms with E-state index in [2.05, 4.69) is 0 Å². The SMILES string of the molecule is O=S(=O)(c1ccc(N(CCCl)CC(F)(F)F)cc1)C(F)F. The maximum Gasteiger partial charge on any atom is 0.405 e. The molecule has 0 amide bonds. The predicted molar refractivity (Wildman–Crippen MR) is 68.6 cm³/mol. The number of sulfone groups is 1. The first kappa shape index (κ1) is 18.0. The number of nitrogens with zero attached hydrogens (tertiary/aromatic N) is 1. The zero-order chi connectivity index (χ0) is 16.3. The van der Waals surface area contributed by atoms with Gasteiger partial charge < -0.3 is 4.90 Å². The van der Waals surface area contributed by atoms with Crippen molar-refractivity contribution in [2.75, 3.05) is 23.9 Å². The summed E-state index contributed by atoms with van der Waals surface area (Å²) in [7, 11) is -4.77.